The Morgan fingerprint density at radius 3 is 1.07 bits per heavy atom. The van der Waals surface area contributed by atoms with E-state index in [2.05, 4.69) is 97.5 Å². The number of hydrogen-bond acceptors (Lipinski definition) is 13. The summed E-state index contributed by atoms with van der Waals surface area (Å²) in [6.07, 6.45) is 10.5. The van der Waals surface area contributed by atoms with Crippen molar-refractivity contribution in [1.29, 1.82) is 0 Å². The Morgan fingerprint density at radius 1 is 0.550 bits per heavy atom. The van der Waals surface area contributed by atoms with Gasteiger partial charge < -0.3 is 36.2 Å². The summed E-state index contributed by atoms with van der Waals surface area (Å²) in [5, 5.41) is 21.6. The Bertz CT molecular complexity index is 2780. The van der Waals surface area contributed by atoms with Crippen LogP contribution in [0.5, 0.6) is 0 Å². The topological polar surface area (TPSA) is 170 Å². The number of aliphatic carboxylic acids is 1. The molecule has 80 heavy (non-hydrogen) atoms. The first-order chi connectivity index (χ1) is 38.0. The second-order valence-electron chi connectivity index (χ2n) is 18.6. The number of nitrogen functional groups attached to an aromatic ring is 1. The average molecular weight is 1270 g/mol. The maximum atomic E-state index is 11.9. The highest BCUT2D eigenvalue weighted by Crippen LogP contribution is 2.34. The standard InChI is InChI=1S/2C19H22ClN3OS.C15H17N3S.C4H7ClO2.CH2Cl2.ClH/c2*1-3-17(20)18(24)22-15-6-4-14(5-7-15)16-12-23(10-8-13(16)2)19-21-9-11-25-19;1-11-6-8-18(15-17-7-9-19-15)10-14(11)12-2-4-13(16)5-3-12;1-2-3(5)4(6)7;2-1-3;/h2*4-7,9,11,17H,3,8,10,12H2,1-2H3,(H,22,24);2-5,7,9H,6,8,10,16H2,1H3;3H,2H2,1H3,(H,6,7);1H2;1H. The number of nitrogens with zero attached hydrogens (tertiary/aromatic N) is 6. The number of nitrogens with two attached hydrogens (primary N) is 1. The van der Waals surface area contributed by atoms with E-state index in [1.165, 1.54) is 50.1 Å². The highest BCUT2D eigenvalue weighted by Gasteiger charge is 2.23. The zero-order chi connectivity index (χ0) is 57.4. The fraction of sp³-hybridized carbons (Fsp3) is 0.379. The number of nitrogens with one attached hydrogen (secondary N) is 2. The monoisotopic (exact) mass is 1260 g/mol. The van der Waals surface area contributed by atoms with E-state index in [1.807, 2.05) is 85.0 Å². The van der Waals surface area contributed by atoms with Crippen molar-refractivity contribution in [2.45, 2.75) is 96.2 Å². The molecule has 432 valence electrons. The fourth-order valence-electron chi connectivity index (χ4n) is 8.37. The molecule has 0 radical (unpaired) electrons. The van der Waals surface area contributed by atoms with Crippen LogP contribution >= 0.6 is 104 Å². The van der Waals surface area contributed by atoms with E-state index >= 15 is 0 Å². The molecule has 0 bridgehead atoms. The van der Waals surface area contributed by atoms with Gasteiger partial charge >= 0.3 is 5.97 Å². The Morgan fingerprint density at radius 2 is 0.838 bits per heavy atom. The van der Waals surface area contributed by atoms with E-state index in [-0.39, 0.29) is 29.6 Å². The number of benzene rings is 3. The number of carbonyl (C=O) groups excluding carboxylic acids is 2. The Hall–Kier alpha value is -4.88. The van der Waals surface area contributed by atoms with Crippen molar-refractivity contribution in [3.8, 4) is 0 Å². The second kappa shape index (κ2) is 35.2. The molecule has 22 heteroatoms. The van der Waals surface area contributed by atoms with E-state index in [0.717, 1.165) is 91.0 Å². The van der Waals surface area contributed by atoms with Crippen LogP contribution in [0.4, 0.5) is 32.5 Å². The molecule has 6 aromatic rings. The van der Waals surface area contributed by atoms with Crippen LogP contribution in [-0.4, -0.2) is 98.6 Å². The first kappa shape index (κ1) is 67.6. The third-order valence-electron chi connectivity index (χ3n) is 13.1. The van der Waals surface area contributed by atoms with E-state index in [9.17, 15) is 14.4 Å². The number of carboxylic acid groups (broad SMARTS) is 1. The highest BCUT2D eigenvalue weighted by molar-refractivity contribution is 7.14. The lowest BCUT2D eigenvalue weighted by Crippen LogP contribution is -2.30. The number of hydrogen-bond donors (Lipinski definition) is 4. The molecule has 5 N–H and O–H groups in total. The molecule has 9 rings (SSSR count). The lowest BCUT2D eigenvalue weighted by molar-refractivity contribution is -0.136. The van der Waals surface area contributed by atoms with Crippen molar-refractivity contribution < 1.29 is 19.5 Å². The van der Waals surface area contributed by atoms with Crippen LogP contribution in [0, 0.1) is 0 Å². The van der Waals surface area contributed by atoms with Crippen LogP contribution in [-0.2, 0) is 14.4 Å². The number of halogens is 6. The van der Waals surface area contributed by atoms with Gasteiger partial charge in [0.2, 0.25) is 11.8 Å². The van der Waals surface area contributed by atoms with Crippen molar-refractivity contribution in [3.05, 3.63) is 141 Å². The smallest absolute Gasteiger partial charge is 0.321 e. The van der Waals surface area contributed by atoms with E-state index in [0.29, 0.717) is 19.3 Å². The summed E-state index contributed by atoms with van der Waals surface area (Å²) >= 11 is 31.7. The number of rotatable bonds is 14. The van der Waals surface area contributed by atoms with Crippen LogP contribution in [0.25, 0.3) is 16.7 Å². The Labute approximate surface area is 514 Å². The normalized spacial score (nSPS) is 15.2. The average Bonchev–Trinajstić information content (AvgIpc) is 4.32. The van der Waals surface area contributed by atoms with Crippen molar-refractivity contribution in [2.24, 2.45) is 0 Å². The molecule has 2 amide bonds. The van der Waals surface area contributed by atoms with Crippen LogP contribution in [0.2, 0.25) is 0 Å². The predicted octanol–water partition coefficient (Wildman–Crippen LogP) is 15.9. The molecule has 3 atom stereocenters. The van der Waals surface area contributed by atoms with Gasteiger partial charge in [-0.2, -0.15) is 0 Å². The second-order valence-corrected chi connectivity index (χ2v) is 23.6. The number of thiazole rings is 3. The van der Waals surface area contributed by atoms with Crippen LogP contribution < -0.4 is 31.1 Å². The van der Waals surface area contributed by atoms with E-state index < -0.39 is 22.1 Å². The summed E-state index contributed by atoms with van der Waals surface area (Å²) in [4.78, 5) is 53.8. The maximum Gasteiger partial charge on any atom is 0.321 e. The lowest BCUT2D eigenvalue weighted by Gasteiger charge is -2.30. The van der Waals surface area contributed by atoms with Gasteiger partial charge in [-0.3, -0.25) is 14.4 Å². The van der Waals surface area contributed by atoms with Crippen molar-refractivity contribution in [2.75, 3.05) is 75.7 Å². The third kappa shape index (κ3) is 20.8. The largest absolute Gasteiger partial charge is 0.480 e. The number of carboxylic acids is 1. The maximum absolute atomic E-state index is 11.9. The molecule has 0 fully saturated rings. The molecule has 0 aliphatic carbocycles. The van der Waals surface area contributed by atoms with Gasteiger partial charge in [-0.1, -0.05) is 73.9 Å². The molecule has 3 aliphatic rings. The predicted molar refractivity (Wildman–Crippen MR) is 347 cm³/mol. The lowest BCUT2D eigenvalue weighted by atomic mass is 9.95. The number of aromatic nitrogens is 3. The molecular formula is C58H71Cl6N9O4S3. The van der Waals surface area contributed by atoms with Crippen molar-refractivity contribution in [1.82, 2.24) is 15.0 Å². The first-order valence-electron chi connectivity index (χ1n) is 25.9. The number of carbonyl (C=O) groups is 3. The molecule has 3 aromatic heterocycles. The van der Waals surface area contributed by atoms with Crippen LogP contribution in [0.1, 0.15) is 96.8 Å². The summed E-state index contributed by atoms with van der Waals surface area (Å²) in [5.41, 5.74) is 20.2. The van der Waals surface area contributed by atoms with Gasteiger partial charge in [0.1, 0.15) is 16.1 Å². The van der Waals surface area contributed by atoms with Crippen LogP contribution in [0.3, 0.4) is 0 Å². The highest BCUT2D eigenvalue weighted by atomic mass is 35.5. The Kier molecular flexibility index (Phi) is 29.7. The summed E-state index contributed by atoms with van der Waals surface area (Å²) < 4.78 is 0. The summed E-state index contributed by atoms with van der Waals surface area (Å²) in [5.74, 6) is -1.25. The quantitative estimate of drug-likeness (QED) is 0.0605. The SMILES string of the molecule is CC1=C(c2ccc(N)cc2)CN(c2nccs2)CC1.CCC(Cl)C(=O)Nc1ccc(C2=C(C)CCN(c3nccs3)C2)cc1.CCC(Cl)C(=O)Nc1ccc(C2=C(C)CCN(c3nccs3)C2)cc1.CCC(Cl)C(=O)O.Cl.ClCCl. The van der Waals surface area contributed by atoms with E-state index in [4.69, 9.17) is 68.8 Å². The summed E-state index contributed by atoms with van der Waals surface area (Å²) in [6.45, 7) is 17.9. The molecule has 0 spiro atoms. The zero-order valence-corrected chi connectivity index (χ0v) is 52.8. The molecule has 3 aromatic carbocycles. The molecular weight excluding hydrogens is 1200 g/mol. The number of anilines is 6. The summed E-state index contributed by atoms with van der Waals surface area (Å²) in [6, 6.07) is 24.2. The van der Waals surface area contributed by atoms with Crippen LogP contribution in [0.15, 0.2) is 124 Å². The minimum atomic E-state index is -0.941. The van der Waals surface area contributed by atoms with Gasteiger partial charge in [-0.15, -0.1) is 104 Å². The van der Waals surface area contributed by atoms with Gasteiger partial charge in [0.25, 0.3) is 0 Å². The van der Waals surface area contributed by atoms with Gasteiger partial charge in [0.05, 0.1) is 5.34 Å². The number of alkyl halides is 5. The molecule has 13 nitrogen and oxygen atoms in total. The molecule has 3 aliphatic heterocycles. The van der Waals surface area contributed by atoms with Gasteiger partial charge in [0.15, 0.2) is 15.4 Å². The molecule has 3 unspecified atom stereocenters. The first-order valence-corrected chi connectivity index (χ1v) is 31.0. The fourth-order valence-corrected chi connectivity index (χ4v) is 10.5. The van der Waals surface area contributed by atoms with E-state index in [1.54, 1.807) is 40.9 Å². The van der Waals surface area contributed by atoms with Gasteiger partial charge in [-0.05, 0) is 129 Å². The minimum absolute atomic E-state index is 0. The van der Waals surface area contributed by atoms with Gasteiger partial charge in [0, 0.05) is 91.1 Å². The summed E-state index contributed by atoms with van der Waals surface area (Å²) in [7, 11) is 0. The molecule has 6 heterocycles. The van der Waals surface area contributed by atoms with Crippen molar-refractivity contribution in [3.63, 3.8) is 0 Å². The van der Waals surface area contributed by atoms with Crippen molar-refractivity contribution >= 4 is 171 Å². The number of amides is 2. The Balaban J connectivity index is 0.000000238. The molecule has 0 saturated carbocycles. The molecule has 0 saturated heterocycles. The third-order valence-corrected chi connectivity index (χ3v) is 17.1. The van der Waals surface area contributed by atoms with Gasteiger partial charge in [-0.25, -0.2) is 15.0 Å². The minimum Gasteiger partial charge on any atom is -0.480 e. The zero-order valence-electron chi connectivity index (χ0n) is 45.8.